The van der Waals surface area contributed by atoms with Crippen molar-refractivity contribution in [2.24, 2.45) is 5.92 Å². The lowest BCUT2D eigenvalue weighted by Gasteiger charge is -2.06. The van der Waals surface area contributed by atoms with Crippen LogP contribution in [0, 0.1) is 11.7 Å². The van der Waals surface area contributed by atoms with Crippen molar-refractivity contribution >= 4 is 10.9 Å². The monoisotopic (exact) mass is 232 g/mol. The van der Waals surface area contributed by atoms with E-state index in [-0.39, 0.29) is 5.82 Å². The molecule has 3 rings (SSSR count). The summed E-state index contributed by atoms with van der Waals surface area (Å²) in [5.74, 6) is 0.757. The lowest BCUT2D eigenvalue weighted by Crippen LogP contribution is -2.21. The molecule has 1 N–H and O–H groups in total. The van der Waals surface area contributed by atoms with E-state index in [0.29, 0.717) is 0 Å². The molecule has 0 unspecified atom stereocenters. The number of nitrogens with one attached hydrogen (secondary N) is 1. The Labute approximate surface area is 100 Å². The Bertz CT molecular complexity index is 514. The molecular formula is C14H17FN2. The van der Waals surface area contributed by atoms with Crippen molar-refractivity contribution in [1.29, 1.82) is 0 Å². The van der Waals surface area contributed by atoms with E-state index in [1.807, 2.05) is 18.3 Å². The van der Waals surface area contributed by atoms with Gasteiger partial charge in [-0.2, -0.15) is 0 Å². The molecule has 0 saturated heterocycles. The molecule has 17 heavy (non-hydrogen) atoms. The molecule has 1 heterocycles. The molecule has 0 spiro atoms. The number of rotatable bonds is 5. The van der Waals surface area contributed by atoms with Gasteiger partial charge in [0.15, 0.2) is 0 Å². The molecule has 1 aliphatic rings. The van der Waals surface area contributed by atoms with Crippen LogP contribution in [0.1, 0.15) is 12.8 Å². The summed E-state index contributed by atoms with van der Waals surface area (Å²) >= 11 is 0. The number of fused-ring (bicyclic) bond motifs is 1. The highest BCUT2D eigenvalue weighted by Gasteiger charge is 2.19. The summed E-state index contributed by atoms with van der Waals surface area (Å²) in [6.45, 7) is 3.08. The Balaban J connectivity index is 1.63. The van der Waals surface area contributed by atoms with E-state index >= 15 is 0 Å². The fraction of sp³-hybridized carbons (Fsp3) is 0.429. The SMILES string of the molecule is Fc1ccc2c(ccn2CCNCC2CC2)c1. The van der Waals surface area contributed by atoms with Crippen molar-refractivity contribution < 1.29 is 4.39 Å². The van der Waals surface area contributed by atoms with Gasteiger partial charge in [0.05, 0.1) is 0 Å². The van der Waals surface area contributed by atoms with Crippen LogP contribution in [0.3, 0.4) is 0 Å². The molecule has 2 nitrogen and oxygen atoms in total. The molecule has 90 valence electrons. The number of halogens is 1. The molecule has 0 radical (unpaired) electrons. The van der Waals surface area contributed by atoms with E-state index < -0.39 is 0 Å². The number of benzene rings is 1. The molecule has 0 amide bonds. The van der Waals surface area contributed by atoms with Gasteiger partial charge in [-0.25, -0.2) is 4.39 Å². The number of aromatic nitrogens is 1. The highest BCUT2D eigenvalue weighted by molar-refractivity contribution is 5.80. The fourth-order valence-corrected chi connectivity index (χ4v) is 2.19. The van der Waals surface area contributed by atoms with Crippen molar-refractivity contribution in [2.45, 2.75) is 19.4 Å². The zero-order chi connectivity index (χ0) is 11.7. The maximum absolute atomic E-state index is 13.0. The van der Waals surface area contributed by atoms with E-state index in [1.54, 1.807) is 6.07 Å². The van der Waals surface area contributed by atoms with Crippen molar-refractivity contribution in [2.75, 3.05) is 13.1 Å². The molecule has 0 aliphatic heterocycles. The number of hydrogen-bond acceptors (Lipinski definition) is 1. The fourth-order valence-electron chi connectivity index (χ4n) is 2.19. The largest absolute Gasteiger partial charge is 0.346 e. The van der Waals surface area contributed by atoms with Gasteiger partial charge < -0.3 is 9.88 Å². The highest BCUT2D eigenvalue weighted by atomic mass is 19.1. The van der Waals surface area contributed by atoms with Gasteiger partial charge in [-0.05, 0) is 49.6 Å². The maximum Gasteiger partial charge on any atom is 0.123 e. The van der Waals surface area contributed by atoms with E-state index in [2.05, 4.69) is 9.88 Å². The first kappa shape index (κ1) is 10.8. The summed E-state index contributed by atoms with van der Waals surface area (Å²) in [5.41, 5.74) is 1.11. The number of nitrogens with zero attached hydrogens (tertiary/aromatic N) is 1. The van der Waals surface area contributed by atoms with Gasteiger partial charge in [-0.1, -0.05) is 0 Å². The topological polar surface area (TPSA) is 17.0 Å². The first-order chi connectivity index (χ1) is 8.33. The first-order valence-corrected chi connectivity index (χ1v) is 6.28. The summed E-state index contributed by atoms with van der Waals surface area (Å²) in [6.07, 6.45) is 4.81. The summed E-state index contributed by atoms with van der Waals surface area (Å²) in [7, 11) is 0. The normalized spacial score (nSPS) is 15.6. The lowest BCUT2D eigenvalue weighted by atomic mass is 10.2. The molecule has 1 fully saturated rings. The molecular weight excluding hydrogens is 215 g/mol. The van der Waals surface area contributed by atoms with Gasteiger partial charge in [0, 0.05) is 30.2 Å². The zero-order valence-electron chi connectivity index (χ0n) is 9.82. The van der Waals surface area contributed by atoms with E-state index in [1.165, 1.54) is 18.9 Å². The minimum Gasteiger partial charge on any atom is -0.346 e. The predicted molar refractivity (Wildman–Crippen MR) is 67.5 cm³/mol. The summed E-state index contributed by atoms with van der Waals surface area (Å²) in [5, 5.41) is 4.45. The van der Waals surface area contributed by atoms with Gasteiger partial charge in [0.25, 0.3) is 0 Å². The summed E-state index contributed by atoms with van der Waals surface area (Å²) in [4.78, 5) is 0. The van der Waals surface area contributed by atoms with Crippen LogP contribution < -0.4 is 5.32 Å². The Morgan fingerprint density at radius 1 is 1.29 bits per heavy atom. The van der Waals surface area contributed by atoms with Crippen LogP contribution in [0.5, 0.6) is 0 Å². The maximum atomic E-state index is 13.0. The second-order valence-corrected chi connectivity index (χ2v) is 4.86. The minimum absolute atomic E-state index is 0.165. The third-order valence-corrected chi connectivity index (χ3v) is 3.39. The van der Waals surface area contributed by atoms with Crippen LogP contribution in [0.2, 0.25) is 0 Å². The Morgan fingerprint density at radius 3 is 3.00 bits per heavy atom. The van der Waals surface area contributed by atoms with Gasteiger partial charge in [0.1, 0.15) is 5.82 Å². The zero-order valence-corrected chi connectivity index (χ0v) is 9.82. The third kappa shape index (κ3) is 2.50. The smallest absolute Gasteiger partial charge is 0.123 e. The van der Waals surface area contributed by atoms with Crippen molar-refractivity contribution in [3.8, 4) is 0 Å². The second kappa shape index (κ2) is 4.49. The predicted octanol–water partition coefficient (Wildman–Crippen LogP) is 2.78. The standard InChI is InChI=1S/C14H17FN2/c15-13-3-4-14-12(9-13)5-7-17(14)8-6-16-10-11-1-2-11/h3-5,7,9,11,16H,1-2,6,8,10H2. The molecule has 3 heteroatoms. The van der Waals surface area contributed by atoms with Crippen LogP contribution in [0.4, 0.5) is 4.39 Å². The van der Waals surface area contributed by atoms with Gasteiger partial charge in [0.2, 0.25) is 0 Å². The van der Waals surface area contributed by atoms with Crippen molar-refractivity contribution in [3.63, 3.8) is 0 Å². The van der Waals surface area contributed by atoms with E-state index in [9.17, 15) is 4.39 Å². The van der Waals surface area contributed by atoms with E-state index in [0.717, 1.165) is 36.5 Å². The first-order valence-electron chi connectivity index (χ1n) is 6.28. The summed E-state index contributed by atoms with van der Waals surface area (Å²) in [6, 6.07) is 6.94. The van der Waals surface area contributed by atoms with Crippen LogP contribution in [-0.2, 0) is 6.54 Å². The molecule has 1 aromatic heterocycles. The quantitative estimate of drug-likeness (QED) is 0.784. The van der Waals surface area contributed by atoms with Crippen LogP contribution in [-0.4, -0.2) is 17.7 Å². The Morgan fingerprint density at radius 2 is 2.18 bits per heavy atom. The van der Waals surface area contributed by atoms with Gasteiger partial charge >= 0.3 is 0 Å². The Hall–Kier alpha value is -1.35. The van der Waals surface area contributed by atoms with Crippen molar-refractivity contribution in [1.82, 2.24) is 9.88 Å². The van der Waals surface area contributed by atoms with Gasteiger partial charge in [-0.3, -0.25) is 0 Å². The molecule has 0 atom stereocenters. The van der Waals surface area contributed by atoms with E-state index in [4.69, 9.17) is 0 Å². The second-order valence-electron chi connectivity index (χ2n) is 4.86. The van der Waals surface area contributed by atoms with Crippen LogP contribution >= 0.6 is 0 Å². The molecule has 1 aromatic carbocycles. The average Bonchev–Trinajstić information content (AvgIpc) is 3.06. The molecule has 1 aliphatic carbocycles. The minimum atomic E-state index is -0.165. The number of hydrogen-bond donors (Lipinski definition) is 1. The molecule has 1 saturated carbocycles. The lowest BCUT2D eigenvalue weighted by molar-refractivity contribution is 0.584. The molecule has 2 aromatic rings. The highest BCUT2D eigenvalue weighted by Crippen LogP contribution is 2.27. The van der Waals surface area contributed by atoms with Crippen LogP contribution in [0.15, 0.2) is 30.5 Å². The Kier molecular flexibility index (Phi) is 2.85. The van der Waals surface area contributed by atoms with Crippen molar-refractivity contribution in [3.05, 3.63) is 36.3 Å². The van der Waals surface area contributed by atoms with Crippen LogP contribution in [0.25, 0.3) is 10.9 Å². The van der Waals surface area contributed by atoms with Gasteiger partial charge in [-0.15, -0.1) is 0 Å². The average molecular weight is 232 g/mol. The summed E-state index contributed by atoms with van der Waals surface area (Å²) < 4.78 is 15.2. The third-order valence-electron chi connectivity index (χ3n) is 3.39. The molecule has 0 bridgehead atoms.